The van der Waals surface area contributed by atoms with Crippen LogP contribution in [0.25, 0.3) is 0 Å². The molecule has 2 N–H and O–H groups in total. The van der Waals surface area contributed by atoms with Crippen molar-refractivity contribution in [3.05, 3.63) is 53.1 Å². The monoisotopic (exact) mass is 213 g/mol. The number of fused-ring (bicyclic) bond motifs is 1. The third kappa shape index (κ3) is 1.44. The molecule has 0 saturated heterocycles. The van der Waals surface area contributed by atoms with Crippen molar-refractivity contribution in [3.63, 3.8) is 0 Å². The fourth-order valence-corrected chi connectivity index (χ4v) is 2.41. The number of nitrogens with zero attached hydrogens (tertiary/aromatic N) is 1. The minimum atomic E-state index is 0.246. The van der Waals surface area contributed by atoms with Crippen LogP contribution in [-0.4, -0.2) is 16.5 Å². The van der Waals surface area contributed by atoms with Crippen LogP contribution in [0.3, 0.4) is 0 Å². The molecular weight excluding hydrogens is 198 g/mol. The maximum atomic E-state index is 4.42. The molecule has 0 saturated carbocycles. The molecule has 3 rings (SSSR count). The van der Waals surface area contributed by atoms with E-state index in [0.29, 0.717) is 0 Å². The number of H-pyrrole nitrogens is 1. The molecule has 2 heterocycles. The molecule has 0 amide bonds. The van der Waals surface area contributed by atoms with Gasteiger partial charge in [0, 0.05) is 12.2 Å². The molecule has 0 unspecified atom stereocenters. The summed E-state index contributed by atoms with van der Waals surface area (Å²) in [6.07, 6.45) is 2.87. The van der Waals surface area contributed by atoms with Crippen molar-refractivity contribution in [2.75, 3.05) is 6.54 Å². The van der Waals surface area contributed by atoms with E-state index in [1.165, 1.54) is 11.1 Å². The zero-order valence-corrected chi connectivity index (χ0v) is 9.33. The van der Waals surface area contributed by atoms with Crippen molar-refractivity contribution in [1.29, 1.82) is 0 Å². The van der Waals surface area contributed by atoms with Crippen molar-refractivity contribution >= 4 is 0 Å². The first-order valence-electron chi connectivity index (χ1n) is 5.67. The van der Waals surface area contributed by atoms with Crippen LogP contribution in [0, 0.1) is 6.92 Å². The number of aromatic nitrogens is 2. The molecule has 1 atom stereocenters. The van der Waals surface area contributed by atoms with Crippen LogP contribution in [0.1, 0.15) is 28.6 Å². The van der Waals surface area contributed by atoms with Gasteiger partial charge < -0.3 is 10.3 Å². The minimum Gasteiger partial charge on any atom is -0.348 e. The predicted octanol–water partition coefficient (Wildman–Crippen LogP) is 1.95. The molecule has 1 aliphatic rings. The molecule has 82 valence electrons. The van der Waals surface area contributed by atoms with E-state index < -0.39 is 0 Å². The molecule has 1 aliphatic heterocycles. The normalized spacial score (nSPS) is 19.4. The fourth-order valence-electron chi connectivity index (χ4n) is 2.41. The van der Waals surface area contributed by atoms with Crippen LogP contribution in [0.15, 0.2) is 30.6 Å². The second kappa shape index (κ2) is 3.76. The summed E-state index contributed by atoms with van der Waals surface area (Å²) in [7, 11) is 0. The predicted molar refractivity (Wildman–Crippen MR) is 63.3 cm³/mol. The van der Waals surface area contributed by atoms with Gasteiger partial charge in [-0.25, -0.2) is 4.98 Å². The van der Waals surface area contributed by atoms with Crippen LogP contribution < -0.4 is 5.32 Å². The first kappa shape index (κ1) is 9.60. The Morgan fingerprint density at radius 2 is 2.19 bits per heavy atom. The molecular formula is C13H15N3. The van der Waals surface area contributed by atoms with Crippen molar-refractivity contribution in [1.82, 2.24) is 15.3 Å². The van der Waals surface area contributed by atoms with Crippen molar-refractivity contribution in [2.24, 2.45) is 0 Å². The number of rotatable bonds is 1. The molecule has 2 aromatic rings. The minimum absolute atomic E-state index is 0.246. The molecule has 0 bridgehead atoms. The standard InChI is InChI=1S/C13H15N3/c1-9-12(16-8-15-9)13-11-5-3-2-4-10(11)6-7-14-13/h2-5,8,13-14H,6-7H2,1H3,(H,15,16)/t13-/m0/s1. The highest BCUT2D eigenvalue weighted by atomic mass is 15.0. The number of hydrogen-bond donors (Lipinski definition) is 2. The second-order valence-electron chi connectivity index (χ2n) is 4.25. The SMILES string of the molecule is Cc1[nH]cnc1[C@H]1NCCc2ccccc21. The molecule has 0 aliphatic carbocycles. The molecule has 3 heteroatoms. The Balaban J connectivity index is 2.08. The number of benzene rings is 1. The van der Waals surface area contributed by atoms with Crippen LogP contribution in [0.5, 0.6) is 0 Å². The van der Waals surface area contributed by atoms with Crippen LogP contribution in [-0.2, 0) is 6.42 Å². The van der Waals surface area contributed by atoms with E-state index in [4.69, 9.17) is 0 Å². The highest BCUT2D eigenvalue weighted by molar-refractivity contribution is 5.38. The Hall–Kier alpha value is -1.61. The molecule has 16 heavy (non-hydrogen) atoms. The zero-order chi connectivity index (χ0) is 11.0. The quantitative estimate of drug-likeness (QED) is 0.760. The fraction of sp³-hybridized carbons (Fsp3) is 0.308. The Labute approximate surface area is 94.9 Å². The lowest BCUT2D eigenvalue weighted by atomic mass is 9.92. The summed E-state index contributed by atoms with van der Waals surface area (Å²) in [5, 5.41) is 3.54. The lowest BCUT2D eigenvalue weighted by Gasteiger charge is -2.26. The zero-order valence-electron chi connectivity index (χ0n) is 9.33. The van der Waals surface area contributed by atoms with Gasteiger partial charge in [0.15, 0.2) is 0 Å². The maximum absolute atomic E-state index is 4.42. The van der Waals surface area contributed by atoms with Crippen molar-refractivity contribution < 1.29 is 0 Å². The number of aryl methyl sites for hydroxylation is 1. The largest absolute Gasteiger partial charge is 0.348 e. The van der Waals surface area contributed by atoms with Gasteiger partial charge in [0.05, 0.1) is 18.1 Å². The van der Waals surface area contributed by atoms with Gasteiger partial charge in [-0.1, -0.05) is 24.3 Å². The van der Waals surface area contributed by atoms with Gasteiger partial charge in [0.2, 0.25) is 0 Å². The third-order valence-corrected chi connectivity index (χ3v) is 3.25. The second-order valence-corrected chi connectivity index (χ2v) is 4.25. The van der Waals surface area contributed by atoms with E-state index in [1.54, 1.807) is 6.33 Å². The molecule has 3 nitrogen and oxygen atoms in total. The lowest BCUT2D eigenvalue weighted by Crippen LogP contribution is -2.31. The Morgan fingerprint density at radius 1 is 1.31 bits per heavy atom. The van der Waals surface area contributed by atoms with E-state index in [-0.39, 0.29) is 6.04 Å². The highest BCUT2D eigenvalue weighted by Crippen LogP contribution is 2.28. The molecule has 1 aromatic carbocycles. The number of aromatic amines is 1. The molecule has 0 spiro atoms. The van der Waals surface area contributed by atoms with Gasteiger partial charge in [0.25, 0.3) is 0 Å². The Morgan fingerprint density at radius 3 is 3.00 bits per heavy atom. The van der Waals surface area contributed by atoms with Gasteiger partial charge in [-0.05, 0) is 24.5 Å². The summed E-state index contributed by atoms with van der Waals surface area (Å²) >= 11 is 0. The van der Waals surface area contributed by atoms with Gasteiger partial charge in [-0.2, -0.15) is 0 Å². The van der Waals surface area contributed by atoms with E-state index >= 15 is 0 Å². The van der Waals surface area contributed by atoms with E-state index in [9.17, 15) is 0 Å². The highest BCUT2D eigenvalue weighted by Gasteiger charge is 2.23. The lowest BCUT2D eigenvalue weighted by molar-refractivity contribution is 0.556. The summed E-state index contributed by atoms with van der Waals surface area (Å²) in [5.41, 5.74) is 5.07. The topological polar surface area (TPSA) is 40.7 Å². The average molecular weight is 213 g/mol. The van der Waals surface area contributed by atoms with Gasteiger partial charge in [-0.3, -0.25) is 0 Å². The molecule has 0 radical (unpaired) electrons. The number of hydrogen-bond acceptors (Lipinski definition) is 2. The number of imidazole rings is 1. The molecule has 0 fully saturated rings. The van der Waals surface area contributed by atoms with Gasteiger partial charge in [-0.15, -0.1) is 0 Å². The summed E-state index contributed by atoms with van der Waals surface area (Å²) in [4.78, 5) is 7.57. The molecule has 1 aromatic heterocycles. The van der Waals surface area contributed by atoms with Crippen LogP contribution in [0.2, 0.25) is 0 Å². The summed E-state index contributed by atoms with van der Waals surface area (Å²) in [6, 6.07) is 8.86. The average Bonchev–Trinajstić information content (AvgIpc) is 2.75. The summed E-state index contributed by atoms with van der Waals surface area (Å²) < 4.78 is 0. The maximum Gasteiger partial charge on any atom is 0.0926 e. The van der Waals surface area contributed by atoms with E-state index in [1.807, 2.05) is 0 Å². The third-order valence-electron chi connectivity index (χ3n) is 3.25. The van der Waals surface area contributed by atoms with Gasteiger partial charge >= 0.3 is 0 Å². The van der Waals surface area contributed by atoms with Gasteiger partial charge in [0.1, 0.15) is 0 Å². The van der Waals surface area contributed by atoms with Crippen LogP contribution in [0.4, 0.5) is 0 Å². The summed E-state index contributed by atoms with van der Waals surface area (Å²) in [5.74, 6) is 0. The van der Waals surface area contributed by atoms with E-state index in [2.05, 4.69) is 46.5 Å². The van der Waals surface area contributed by atoms with E-state index in [0.717, 1.165) is 24.4 Å². The Kier molecular flexibility index (Phi) is 2.26. The van der Waals surface area contributed by atoms with Crippen molar-refractivity contribution in [3.8, 4) is 0 Å². The summed E-state index contributed by atoms with van der Waals surface area (Å²) in [6.45, 7) is 3.09. The Bertz CT molecular complexity index is 501. The first-order valence-corrected chi connectivity index (χ1v) is 5.67. The smallest absolute Gasteiger partial charge is 0.0926 e. The number of nitrogens with one attached hydrogen (secondary N) is 2. The van der Waals surface area contributed by atoms with Crippen LogP contribution >= 0.6 is 0 Å². The van der Waals surface area contributed by atoms with Crippen molar-refractivity contribution in [2.45, 2.75) is 19.4 Å². The first-order chi connectivity index (χ1) is 7.86.